The molecule has 136 valence electrons. The molecule has 0 saturated heterocycles. The number of aromatic amines is 1. The van der Waals surface area contributed by atoms with Crippen LogP contribution in [-0.4, -0.2) is 62.3 Å². The topological polar surface area (TPSA) is 98.2 Å². The van der Waals surface area contributed by atoms with Gasteiger partial charge in [-0.05, 0) is 13.3 Å². The van der Waals surface area contributed by atoms with Gasteiger partial charge in [-0.1, -0.05) is 12.2 Å². The number of nitrogens with zero attached hydrogens (tertiary/aromatic N) is 5. The van der Waals surface area contributed by atoms with Crippen LogP contribution in [0.25, 0.3) is 0 Å². The third-order valence-corrected chi connectivity index (χ3v) is 4.97. The molecule has 2 aromatic rings. The number of aromatic carboxylic acids is 1. The molecule has 2 aromatic heterocycles. The van der Waals surface area contributed by atoms with Gasteiger partial charge in [-0.15, -0.1) is 0 Å². The maximum absolute atomic E-state index is 11.3. The van der Waals surface area contributed by atoms with E-state index in [1.165, 1.54) is 5.56 Å². The molecule has 0 amide bonds. The minimum absolute atomic E-state index is 0.172. The van der Waals surface area contributed by atoms with Gasteiger partial charge in [-0.3, -0.25) is 10.00 Å². The first-order chi connectivity index (χ1) is 12.6. The normalized spacial score (nSPS) is 17.3. The van der Waals surface area contributed by atoms with Crippen molar-refractivity contribution in [3.63, 3.8) is 0 Å². The van der Waals surface area contributed by atoms with E-state index in [1.54, 1.807) is 6.20 Å². The van der Waals surface area contributed by atoms with Crippen molar-refractivity contribution < 1.29 is 9.90 Å². The second kappa shape index (κ2) is 6.87. The van der Waals surface area contributed by atoms with E-state index >= 15 is 0 Å². The quantitative estimate of drug-likeness (QED) is 0.796. The van der Waals surface area contributed by atoms with E-state index in [-0.39, 0.29) is 5.69 Å². The Bertz CT molecular complexity index is 851. The van der Waals surface area contributed by atoms with Gasteiger partial charge in [0, 0.05) is 50.3 Å². The zero-order chi connectivity index (χ0) is 18.1. The van der Waals surface area contributed by atoms with Crippen LogP contribution in [0.4, 0.5) is 5.82 Å². The molecule has 2 aliphatic heterocycles. The molecule has 2 aliphatic rings. The van der Waals surface area contributed by atoms with Crippen LogP contribution in [0.5, 0.6) is 0 Å². The summed E-state index contributed by atoms with van der Waals surface area (Å²) in [4.78, 5) is 25.2. The number of hydrogen-bond acceptors (Lipinski definition) is 6. The Morgan fingerprint density at radius 3 is 2.77 bits per heavy atom. The molecule has 4 rings (SSSR count). The predicted octanol–water partition coefficient (Wildman–Crippen LogP) is 1.18. The van der Waals surface area contributed by atoms with Gasteiger partial charge in [0.25, 0.3) is 0 Å². The molecule has 2 N–H and O–H groups in total. The molecule has 8 heteroatoms. The van der Waals surface area contributed by atoms with Crippen molar-refractivity contribution in [3.8, 4) is 0 Å². The molecule has 0 bridgehead atoms. The maximum Gasteiger partial charge on any atom is 0.354 e. The number of anilines is 1. The van der Waals surface area contributed by atoms with E-state index in [0.29, 0.717) is 6.54 Å². The van der Waals surface area contributed by atoms with Gasteiger partial charge >= 0.3 is 5.97 Å². The summed E-state index contributed by atoms with van der Waals surface area (Å²) in [5, 5.41) is 15.7. The largest absolute Gasteiger partial charge is 0.477 e. The molecule has 0 aromatic carbocycles. The highest BCUT2D eigenvalue weighted by Crippen LogP contribution is 2.26. The summed E-state index contributed by atoms with van der Waals surface area (Å²) in [7, 11) is 0. The first-order valence-corrected chi connectivity index (χ1v) is 8.86. The van der Waals surface area contributed by atoms with Gasteiger partial charge in [0.15, 0.2) is 0 Å². The van der Waals surface area contributed by atoms with Crippen molar-refractivity contribution in [2.24, 2.45) is 0 Å². The minimum atomic E-state index is -0.971. The number of carboxylic acid groups (broad SMARTS) is 1. The zero-order valence-electron chi connectivity index (χ0n) is 14.8. The third-order valence-electron chi connectivity index (χ3n) is 4.97. The lowest BCUT2D eigenvalue weighted by molar-refractivity contribution is 0.0688. The average Bonchev–Trinajstić information content (AvgIpc) is 3.25. The van der Waals surface area contributed by atoms with E-state index in [4.69, 9.17) is 4.98 Å². The van der Waals surface area contributed by atoms with Crippen LogP contribution >= 0.6 is 0 Å². The van der Waals surface area contributed by atoms with Crippen LogP contribution in [0, 0.1) is 6.92 Å². The minimum Gasteiger partial charge on any atom is -0.477 e. The Morgan fingerprint density at radius 1 is 1.23 bits per heavy atom. The Balaban J connectivity index is 1.54. The number of carbonyl (C=O) groups is 1. The SMILES string of the molecule is Cc1nc2c(c(N3CC=CC3)n1)CCN(Cc1cn[nH]c1C(=O)O)CC2. The van der Waals surface area contributed by atoms with Crippen molar-refractivity contribution >= 4 is 11.8 Å². The van der Waals surface area contributed by atoms with Gasteiger partial charge in [0.05, 0.1) is 11.9 Å². The molecule has 0 aliphatic carbocycles. The van der Waals surface area contributed by atoms with Crippen molar-refractivity contribution in [1.29, 1.82) is 0 Å². The Hall–Kier alpha value is -2.74. The molecular weight excluding hydrogens is 332 g/mol. The third kappa shape index (κ3) is 3.20. The monoisotopic (exact) mass is 354 g/mol. The Kier molecular flexibility index (Phi) is 4.42. The first-order valence-electron chi connectivity index (χ1n) is 8.86. The highest BCUT2D eigenvalue weighted by molar-refractivity contribution is 5.86. The summed E-state index contributed by atoms with van der Waals surface area (Å²) < 4.78 is 0. The van der Waals surface area contributed by atoms with E-state index in [2.05, 4.69) is 37.1 Å². The summed E-state index contributed by atoms with van der Waals surface area (Å²) in [5.41, 5.74) is 3.24. The molecule has 26 heavy (non-hydrogen) atoms. The number of fused-ring (bicyclic) bond motifs is 1. The molecule has 0 unspecified atom stereocenters. The Morgan fingerprint density at radius 2 is 2.00 bits per heavy atom. The number of aromatic nitrogens is 4. The molecule has 8 nitrogen and oxygen atoms in total. The number of H-pyrrole nitrogens is 1. The predicted molar refractivity (Wildman–Crippen MR) is 96.4 cm³/mol. The van der Waals surface area contributed by atoms with Crippen LogP contribution in [0.15, 0.2) is 18.3 Å². The zero-order valence-corrected chi connectivity index (χ0v) is 14.8. The van der Waals surface area contributed by atoms with Crippen LogP contribution in [0.3, 0.4) is 0 Å². The van der Waals surface area contributed by atoms with Crippen LogP contribution in [0.2, 0.25) is 0 Å². The highest BCUT2D eigenvalue weighted by Gasteiger charge is 2.24. The van der Waals surface area contributed by atoms with Crippen molar-refractivity contribution in [1.82, 2.24) is 25.1 Å². The summed E-state index contributed by atoms with van der Waals surface area (Å²) in [6, 6.07) is 0. The first kappa shape index (κ1) is 16.7. The fourth-order valence-corrected chi connectivity index (χ4v) is 3.67. The highest BCUT2D eigenvalue weighted by atomic mass is 16.4. The molecule has 0 atom stereocenters. The van der Waals surface area contributed by atoms with E-state index in [1.807, 2.05) is 6.92 Å². The van der Waals surface area contributed by atoms with Gasteiger partial charge in [-0.25, -0.2) is 14.8 Å². The smallest absolute Gasteiger partial charge is 0.354 e. The van der Waals surface area contributed by atoms with Gasteiger partial charge < -0.3 is 10.0 Å². The average molecular weight is 354 g/mol. The second-order valence-electron chi connectivity index (χ2n) is 6.75. The fourth-order valence-electron chi connectivity index (χ4n) is 3.67. The number of rotatable bonds is 4. The van der Waals surface area contributed by atoms with Gasteiger partial charge in [-0.2, -0.15) is 5.10 Å². The summed E-state index contributed by atoms with van der Waals surface area (Å²) in [5.74, 6) is 0.886. The van der Waals surface area contributed by atoms with Crippen molar-refractivity contribution in [2.75, 3.05) is 31.1 Å². The van der Waals surface area contributed by atoms with Crippen LogP contribution in [0.1, 0.15) is 33.1 Å². The van der Waals surface area contributed by atoms with Crippen molar-refractivity contribution in [3.05, 3.63) is 46.7 Å². The summed E-state index contributed by atoms with van der Waals surface area (Å²) >= 11 is 0. The second-order valence-corrected chi connectivity index (χ2v) is 6.75. The lowest BCUT2D eigenvalue weighted by Gasteiger charge is -2.22. The van der Waals surface area contributed by atoms with E-state index in [0.717, 1.165) is 61.9 Å². The van der Waals surface area contributed by atoms with Crippen LogP contribution in [-0.2, 0) is 19.4 Å². The molecule has 4 heterocycles. The van der Waals surface area contributed by atoms with E-state index < -0.39 is 5.97 Å². The summed E-state index contributed by atoms with van der Waals surface area (Å²) in [6.07, 6.45) is 7.64. The van der Waals surface area contributed by atoms with Gasteiger partial charge in [0.1, 0.15) is 17.3 Å². The molecule has 0 saturated carbocycles. The standard InChI is InChI=1S/C18H22N6O2/c1-12-20-15-5-9-23(11-13-10-19-22-16(13)18(25)26)8-4-14(15)17(21-12)24-6-2-3-7-24/h2-3,10H,4-9,11H2,1H3,(H,19,22)(H,25,26). The lowest BCUT2D eigenvalue weighted by Crippen LogP contribution is -2.27. The van der Waals surface area contributed by atoms with Crippen LogP contribution < -0.4 is 4.90 Å². The molecular formula is C18H22N6O2. The maximum atomic E-state index is 11.3. The summed E-state index contributed by atoms with van der Waals surface area (Å²) in [6.45, 7) is 5.98. The van der Waals surface area contributed by atoms with Gasteiger partial charge in [0.2, 0.25) is 0 Å². The number of nitrogens with one attached hydrogen (secondary N) is 1. The van der Waals surface area contributed by atoms with E-state index in [9.17, 15) is 9.90 Å². The molecule has 0 spiro atoms. The number of aryl methyl sites for hydroxylation is 1. The number of hydrogen-bond donors (Lipinski definition) is 2. The lowest BCUT2D eigenvalue weighted by atomic mass is 10.1. The van der Waals surface area contributed by atoms with Crippen molar-refractivity contribution in [2.45, 2.75) is 26.3 Å². The number of carboxylic acids is 1. The molecule has 0 radical (unpaired) electrons. The fraction of sp³-hybridized carbons (Fsp3) is 0.444. The molecule has 0 fully saturated rings. The Labute approximate surface area is 151 Å².